The average Bonchev–Trinajstić information content (AvgIpc) is 3.22. The highest BCUT2D eigenvalue weighted by atomic mass is 16.4. The highest BCUT2D eigenvalue weighted by molar-refractivity contribution is 5.75. The number of nitrogens with one attached hydrogen (secondary N) is 2. The summed E-state index contributed by atoms with van der Waals surface area (Å²) >= 11 is 0. The number of carboxylic acids is 1. The van der Waals surface area contributed by atoms with E-state index in [4.69, 9.17) is 4.98 Å². The number of rotatable bonds is 9. The van der Waals surface area contributed by atoms with Crippen molar-refractivity contribution in [3.05, 3.63) is 59.3 Å². The largest absolute Gasteiger partial charge is 0.480 e. The molecule has 3 N–H and O–H groups in total. The number of likely N-dealkylation sites (tertiary alicyclic amines) is 1. The van der Waals surface area contributed by atoms with Crippen LogP contribution in [0, 0.1) is 0 Å². The molecule has 1 aromatic heterocycles. The maximum absolute atomic E-state index is 11.8. The van der Waals surface area contributed by atoms with E-state index in [1.807, 2.05) is 30.3 Å². The van der Waals surface area contributed by atoms with Crippen LogP contribution in [-0.2, 0) is 17.6 Å². The fourth-order valence-corrected chi connectivity index (χ4v) is 4.58. The number of pyridine rings is 1. The van der Waals surface area contributed by atoms with E-state index in [1.165, 1.54) is 17.7 Å². The Hall–Kier alpha value is -2.44. The fraction of sp³-hybridized carbons (Fsp3) is 0.500. The van der Waals surface area contributed by atoms with E-state index in [9.17, 15) is 9.90 Å². The van der Waals surface area contributed by atoms with Crippen LogP contribution in [0.2, 0.25) is 0 Å². The quantitative estimate of drug-likeness (QED) is 0.553. The molecule has 6 heteroatoms. The molecule has 1 fully saturated rings. The molecule has 30 heavy (non-hydrogen) atoms. The first-order valence-electron chi connectivity index (χ1n) is 11.2. The first-order valence-corrected chi connectivity index (χ1v) is 11.2. The van der Waals surface area contributed by atoms with Gasteiger partial charge in [-0.1, -0.05) is 36.4 Å². The summed E-state index contributed by atoms with van der Waals surface area (Å²) in [5.74, 6) is 0.309. The Bertz CT molecular complexity index is 842. The van der Waals surface area contributed by atoms with Gasteiger partial charge in [-0.15, -0.1) is 0 Å². The molecule has 1 aromatic carbocycles. The maximum Gasteiger partial charge on any atom is 0.325 e. The van der Waals surface area contributed by atoms with E-state index in [1.54, 1.807) is 0 Å². The van der Waals surface area contributed by atoms with Crippen LogP contribution in [0.5, 0.6) is 0 Å². The lowest BCUT2D eigenvalue weighted by atomic mass is 10.1. The van der Waals surface area contributed by atoms with Gasteiger partial charge in [-0.05, 0) is 62.3 Å². The lowest BCUT2D eigenvalue weighted by Crippen LogP contribution is -2.37. The van der Waals surface area contributed by atoms with E-state index < -0.39 is 12.0 Å². The third-order valence-electron chi connectivity index (χ3n) is 6.18. The molecule has 0 amide bonds. The van der Waals surface area contributed by atoms with Crippen LogP contribution in [0.25, 0.3) is 0 Å². The van der Waals surface area contributed by atoms with Crippen molar-refractivity contribution < 1.29 is 9.90 Å². The first kappa shape index (κ1) is 20.8. The zero-order chi connectivity index (χ0) is 20.8. The van der Waals surface area contributed by atoms with Gasteiger partial charge in [0.2, 0.25) is 0 Å². The minimum atomic E-state index is -0.770. The third-order valence-corrected chi connectivity index (χ3v) is 6.18. The van der Waals surface area contributed by atoms with Crippen LogP contribution < -0.4 is 10.6 Å². The van der Waals surface area contributed by atoms with Gasteiger partial charge in [-0.2, -0.15) is 0 Å². The fourth-order valence-electron chi connectivity index (χ4n) is 4.58. The van der Waals surface area contributed by atoms with Crippen molar-refractivity contribution in [2.75, 3.05) is 31.5 Å². The number of fused-ring (bicyclic) bond motifs is 1. The van der Waals surface area contributed by atoms with Gasteiger partial charge in [-0.25, -0.2) is 4.98 Å². The number of hydrogen-bond acceptors (Lipinski definition) is 5. The van der Waals surface area contributed by atoms with Gasteiger partial charge in [0.1, 0.15) is 11.9 Å². The predicted molar refractivity (Wildman–Crippen MR) is 119 cm³/mol. The van der Waals surface area contributed by atoms with Crippen LogP contribution in [-0.4, -0.2) is 53.2 Å². The molecule has 0 saturated carbocycles. The Morgan fingerprint density at radius 2 is 2.10 bits per heavy atom. The van der Waals surface area contributed by atoms with Crippen molar-refractivity contribution in [3.8, 4) is 0 Å². The van der Waals surface area contributed by atoms with Crippen molar-refractivity contribution in [1.29, 1.82) is 0 Å². The molecule has 6 nitrogen and oxygen atoms in total. The predicted octanol–water partition coefficient (Wildman–Crippen LogP) is 3.25. The number of carboxylic acid groups (broad SMARTS) is 1. The molecular formula is C24H32N4O2. The van der Waals surface area contributed by atoms with Crippen molar-refractivity contribution in [3.63, 3.8) is 0 Å². The number of nitrogens with zero attached hydrogens (tertiary/aromatic N) is 2. The lowest BCUT2D eigenvalue weighted by Gasteiger charge is -2.24. The molecule has 3 heterocycles. The second-order valence-corrected chi connectivity index (χ2v) is 8.38. The van der Waals surface area contributed by atoms with Crippen LogP contribution >= 0.6 is 0 Å². The number of hydrogen-bond donors (Lipinski definition) is 3. The number of aliphatic carboxylic acids is 1. The van der Waals surface area contributed by atoms with Gasteiger partial charge in [0.25, 0.3) is 0 Å². The summed E-state index contributed by atoms with van der Waals surface area (Å²) in [5, 5.41) is 16.8. The second kappa shape index (κ2) is 10.0. The molecule has 2 aliphatic rings. The lowest BCUT2D eigenvalue weighted by molar-refractivity contribution is -0.143. The standard InChI is InChI=1S/C24H32N4O2/c29-24(30)22(18-7-2-1-3-8-18)28-16-13-21(17-28)25-14-5-4-10-20-12-11-19-9-6-15-26-23(19)27-20/h1-3,7-8,11-12,21-22,25H,4-6,9-10,13-17H2,(H,26,27)(H,29,30)/t21-,22?/m1/s1. The third kappa shape index (κ3) is 5.18. The summed E-state index contributed by atoms with van der Waals surface area (Å²) < 4.78 is 0. The zero-order valence-electron chi connectivity index (χ0n) is 17.5. The summed E-state index contributed by atoms with van der Waals surface area (Å²) in [7, 11) is 0. The number of unbranched alkanes of at least 4 members (excludes halogenated alkanes) is 1. The summed E-state index contributed by atoms with van der Waals surface area (Å²) in [6.45, 7) is 3.59. The van der Waals surface area contributed by atoms with E-state index in [2.05, 4.69) is 27.7 Å². The molecule has 0 bridgehead atoms. The molecule has 1 saturated heterocycles. The van der Waals surface area contributed by atoms with Crippen molar-refractivity contribution >= 4 is 11.8 Å². The Morgan fingerprint density at radius 3 is 2.93 bits per heavy atom. The van der Waals surface area contributed by atoms with Gasteiger partial charge in [0.15, 0.2) is 0 Å². The van der Waals surface area contributed by atoms with Gasteiger partial charge in [0.05, 0.1) is 0 Å². The summed E-state index contributed by atoms with van der Waals surface area (Å²) in [5.41, 5.74) is 3.37. The number of benzene rings is 1. The van der Waals surface area contributed by atoms with Crippen LogP contribution in [0.1, 0.15) is 48.5 Å². The van der Waals surface area contributed by atoms with Crippen LogP contribution in [0.4, 0.5) is 5.82 Å². The van der Waals surface area contributed by atoms with E-state index in [-0.39, 0.29) is 0 Å². The normalized spacial score (nSPS) is 19.8. The summed E-state index contributed by atoms with van der Waals surface area (Å²) in [6.07, 6.45) is 6.53. The number of aryl methyl sites for hydroxylation is 2. The van der Waals surface area contributed by atoms with E-state index >= 15 is 0 Å². The Morgan fingerprint density at radius 1 is 1.23 bits per heavy atom. The van der Waals surface area contributed by atoms with E-state index in [0.717, 1.165) is 69.7 Å². The molecule has 4 rings (SSSR count). The van der Waals surface area contributed by atoms with Gasteiger partial charge in [0, 0.05) is 31.4 Å². The average molecular weight is 409 g/mol. The maximum atomic E-state index is 11.8. The van der Waals surface area contributed by atoms with Gasteiger partial charge < -0.3 is 15.7 Å². The summed E-state index contributed by atoms with van der Waals surface area (Å²) in [4.78, 5) is 18.7. The molecule has 2 atom stereocenters. The highest BCUT2D eigenvalue weighted by Gasteiger charge is 2.33. The summed E-state index contributed by atoms with van der Waals surface area (Å²) in [6, 6.07) is 13.8. The smallest absolute Gasteiger partial charge is 0.325 e. The van der Waals surface area contributed by atoms with Crippen LogP contribution in [0.15, 0.2) is 42.5 Å². The monoisotopic (exact) mass is 408 g/mol. The molecule has 160 valence electrons. The molecule has 0 radical (unpaired) electrons. The van der Waals surface area contributed by atoms with Crippen molar-refractivity contribution in [1.82, 2.24) is 15.2 Å². The molecule has 2 aromatic rings. The van der Waals surface area contributed by atoms with Gasteiger partial charge >= 0.3 is 5.97 Å². The Balaban J connectivity index is 1.19. The second-order valence-electron chi connectivity index (χ2n) is 8.38. The van der Waals surface area contributed by atoms with Crippen molar-refractivity contribution in [2.45, 2.75) is 50.6 Å². The number of aromatic nitrogens is 1. The van der Waals surface area contributed by atoms with Gasteiger partial charge in [-0.3, -0.25) is 9.69 Å². The molecule has 0 spiro atoms. The highest BCUT2D eigenvalue weighted by Crippen LogP contribution is 2.25. The molecule has 2 aliphatic heterocycles. The Labute approximate surface area is 178 Å². The number of carbonyl (C=O) groups is 1. The minimum absolute atomic E-state index is 0.363. The first-order chi connectivity index (χ1) is 14.7. The zero-order valence-corrected chi connectivity index (χ0v) is 17.5. The topological polar surface area (TPSA) is 77.5 Å². The molecule has 1 unspecified atom stereocenters. The van der Waals surface area contributed by atoms with Crippen LogP contribution in [0.3, 0.4) is 0 Å². The Kier molecular flexibility index (Phi) is 6.97. The van der Waals surface area contributed by atoms with Crippen molar-refractivity contribution in [2.24, 2.45) is 0 Å². The van der Waals surface area contributed by atoms with E-state index in [0.29, 0.717) is 6.04 Å². The minimum Gasteiger partial charge on any atom is -0.480 e. The molecule has 0 aliphatic carbocycles. The number of anilines is 1. The SMILES string of the molecule is O=C(O)C(c1ccccc1)N1CC[C@@H](NCCCCc2ccc3c(n2)NCCC3)C1. The molecular weight excluding hydrogens is 376 g/mol.